The molecular formula is C18H19ClO2. The highest BCUT2D eigenvalue weighted by Gasteiger charge is 2.17. The second-order valence-electron chi connectivity index (χ2n) is 5.58. The van der Waals surface area contributed by atoms with E-state index in [0.717, 1.165) is 12.2 Å². The van der Waals surface area contributed by atoms with E-state index in [0.29, 0.717) is 16.1 Å². The van der Waals surface area contributed by atoms with E-state index in [-0.39, 0.29) is 11.4 Å². The maximum atomic E-state index is 12.3. The van der Waals surface area contributed by atoms with Crippen LogP contribution in [-0.4, -0.2) is 11.4 Å². The molecule has 0 aliphatic heterocycles. The molecule has 0 atom stereocenters. The zero-order valence-electron chi connectivity index (χ0n) is 12.5. The molecule has 0 aliphatic carbocycles. The molecule has 0 heterocycles. The molecule has 110 valence electrons. The van der Waals surface area contributed by atoms with Gasteiger partial charge in [0.05, 0.1) is 0 Å². The Labute approximate surface area is 130 Å². The van der Waals surface area contributed by atoms with Gasteiger partial charge in [0.25, 0.3) is 0 Å². The number of ketones is 1. The third kappa shape index (κ3) is 4.08. The number of carbonyl (C=O) groups excluding carboxylic acids is 1. The Morgan fingerprint density at radius 1 is 1.00 bits per heavy atom. The topological polar surface area (TPSA) is 26.3 Å². The predicted octanol–water partition coefficient (Wildman–Crippen LogP) is 5.14. The summed E-state index contributed by atoms with van der Waals surface area (Å²) < 4.78 is 5.88. The molecule has 0 unspecified atom stereocenters. The minimum Gasteiger partial charge on any atom is -0.488 e. The average molecular weight is 303 g/mol. The van der Waals surface area contributed by atoms with Crippen LogP contribution in [0.1, 0.15) is 43.1 Å². The molecule has 0 N–H and O–H groups in total. The van der Waals surface area contributed by atoms with Gasteiger partial charge >= 0.3 is 0 Å². The van der Waals surface area contributed by atoms with Crippen molar-refractivity contribution in [3.05, 3.63) is 64.7 Å². The molecule has 2 aromatic carbocycles. The lowest BCUT2D eigenvalue weighted by molar-refractivity contribution is 0.103. The Bertz CT molecular complexity index is 613. The first-order chi connectivity index (χ1) is 9.91. The van der Waals surface area contributed by atoms with Crippen molar-refractivity contribution in [1.29, 1.82) is 0 Å². The van der Waals surface area contributed by atoms with Crippen molar-refractivity contribution >= 4 is 17.4 Å². The first-order valence-electron chi connectivity index (χ1n) is 7.00. The van der Waals surface area contributed by atoms with Crippen LogP contribution < -0.4 is 4.74 Å². The normalized spacial score (nSPS) is 11.2. The SMILES string of the molecule is CCC(C)(C)Oc1ccc(C(=O)c2ccc(Cl)cc2)cc1. The molecule has 0 fully saturated rings. The summed E-state index contributed by atoms with van der Waals surface area (Å²) in [5.41, 5.74) is 1.06. The van der Waals surface area contributed by atoms with Crippen molar-refractivity contribution < 1.29 is 9.53 Å². The third-order valence-electron chi connectivity index (χ3n) is 3.47. The first kappa shape index (κ1) is 15.6. The van der Waals surface area contributed by atoms with Gasteiger partial charge in [0.1, 0.15) is 11.4 Å². The third-order valence-corrected chi connectivity index (χ3v) is 3.72. The summed E-state index contributed by atoms with van der Waals surface area (Å²) >= 11 is 5.83. The van der Waals surface area contributed by atoms with Gasteiger partial charge in [-0.3, -0.25) is 4.79 Å². The van der Waals surface area contributed by atoms with Gasteiger partial charge < -0.3 is 4.74 Å². The minimum absolute atomic E-state index is 0.0204. The number of hydrogen-bond acceptors (Lipinski definition) is 2. The lowest BCUT2D eigenvalue weighted by Crippen LogP contribution is -2.26. The van der Waals surface area contributed by atoms with E-state index in [1.54, 1.807) is 36.4 Å². The van der Waals surface area contributed by atoms with E-state index in [1.807, 2.05) is 26.0 Å². The van der Waals surface area contributed by atoms with Gasteiger partial charge in [-0.1, -0.05) is 18.5 Å². The van der Waals surface area contributed by atoms with Crippen LogP contribution in [0.4, 0.5) is 0 Å². The molecule has 3 heteroatoms. The molecule has 0 amide bonds. The van der Waals surface area contributed by atoms with Gasteiger partial charge in [-0.2, -0.15) is 0 Å². The van der Waals surface area contributed by atoms with Crippen LogP contribution in [0.3, 0.4) is 0 Å². The Balaban J connectivity index is 2.15. The summed E-state index contributed by atoms with van der Waals surface area (Å²) in [6.45, 7) is 6.16. The monoisotopic (exact) mass is 302 g/mol. The summed E-state index contributed by atoms with van der Waals surface area (Å²) in [5, 5.41) is 0.622. The number of carbonyl (C=O) groups is 1. The lowest BCUT2D eigenvalue weighted by atomic mass is 10.0. The molecule has 0 aromatic heterocycles. The van der Waals surface area contributed by atoms with Crippen LogP contribution in [-0.2, 0) is 0 Å². The van der Waals surface area contributed by atoms with Crippen molar-refractivity contribution in [2.24, 2.45) is 0 Å². The fourth-order valence-corrected chi connectivity index (χ4v) is 1.96. The van der Waals surface area contributed by atoms with Crippen molar-refractivity contribution in [3.8, 4) is 5.75 Å². The molecule has 0 aliphatic rings. The Hall–Kier alpha value is -1.80. The molecule has 0 saturated carbocycles. The molecule has 2 nitrogen and oxygen atoms in total. The molecule has 2 aromatic rings. The molecule has 0 radical (unpaired) electrons. The number of ether oxygens (including phenoxy) is 1. The van der Waals surface area contributed by atoms with E-state index < -0.39 is 0 Å². The van der Waals surface area contributed by atoms with Crippen LogP contribution in [0.15, 0.2) is 48.5 Å². The minimum atomic E-state index is -0.207. The molecular weight excluding hydrogens is 284 g/mol. The Morgan fingerprint density at radius 2 is 1.48 bits per heavy atom. The maximum Gasteiger partial charge on any atom is 0.193 e. The van der Waals surface area contributed by atoms with Crippen molar-refractivity contribution in [1.82, 2.24) is 0 Å². The summed E-state index contributed by atoms with van der Waals surface area (Å²) in [4.78, 5) is 12.3. The zero-order chi connectivity index (χ0) is 15.5. The van der Waals surface area contributed by atoms with Crippen molar-refractivity contribution in [2.45, 2.75) is 32.8 Å². The summed E-state index contributed by atoms with van der Waals surface area (Å²) in [6.07, 6.45) is 0.915. The van der Waals surface area contributed by atoms with Gasteiger partial charge in [0, 0.05) is 16.1 Å². The second-order valence-corrected chi connectivity index (χ2v) is 6.01. The van der Waals surface area contributed by atoms with Gasteiger partial charge in [0.2, 0.25) is 0 Å². The van der Waals surface area contributed by atoms with Crippen LogP contribution in [0.25, 0.3) is 0 Å². The second kappa shape index (κ2) is 6.31. The van der Waals surface area contributed by atoms with Crippen LogP contribution in [0, 0.1) is 0 Å². The van der Waals surface area contributed by atoms with E-state index in [1.165, 1.54) is 0 Å². The van der Waals surface area contributed by atoms with Crippen LogP contribution in [0.2, 0.25) is 5.02 Å². The van der Waals surface area contributed by atoms with E-state index in [4.69, 9.17) is 16.3 Å². The fraction of sp³-hybridized carbons (Fsp3) is 0.278. The largest absolute Gasteiger partial charge is 0.488 e. The van der Waals surface area contributed by atoms with Crippen LogP contribution in [0.5, 0.6) is 5.75 Å². The molecule has 21 heavy (non-hydrogen) atoms. The summed E-state index contributed by atoms with van der Waals surface area (Å²) in [7, 11) is 0. The van der Waals surface area contributed by atoms with Crippen LogP contribution >= 0.6 is 11.6 Å². The highest BCUT2D eigenvalue weighted by atomic mass is 35.5. The maximum absolute atomic E-state index is 12.3. The highest BCUT2D eigenvalue weighted by Crippen LogP contribution is 2.22. The van der Waals surface area contributed by atoms with E-state index >= 15 is 0 Å². The number of hydrogen-bond donors (Lipinski definition) is 0. The Morgan fingerprint density at radius 3 is 1.95 bits per heavy atom. The summed E-state index contributed by atoms with van der Waals surface area (Å²) in [6, 6.07) is 14.1. The van der Waals surface area contributed by atoms with Gasteiger partial charge in [-0.15, -0.1) is 0 Å². The lowest BCUT2D eigenvalue weighted by Gasteiger charge is -2.24. The molecule has 0 saturated heterocycles. The van der Waals surface area contributed by atoms with Gasteiger partial charge in [-0.25, -0.2) is 0 Å². The number of benzene rings is 2. The number of halogens is 1. The quantitative estimate of drug-likeness (QED) is 0.715. The van der Waals surface area contributed by atoms with Crippen molar-refractivity contribution in [2.75, 3.05) is 0 Å². The zero-order valence-corrected chi connectivity index (χ0v) is 13.3. The Kier molecular flexibility index (Phi) is 4.69. The fourth-order valence-electron chi connectivity index (χ4n) is 1.83. The highest BCUT2D eigenvalue weighted by molar-refractivity contribution is 6.30. The standard InChI is InChI=1S/C18H19ClO2/c1-4-18(2,3)21-16-11-7-14(8-12-16)17(20)13-5-9-15(19)10-6-13/h5-12H,4H2,1-3H3. The van der Waals surface area contributed by atoms with Crippen molar-refractivity contribution in [3.63, 3.8) is 0 Å². The number of rotatable bonds is 5. The average Bonchev–Trinajstić information content (AvgIpc) is 2.48. The first-order valence-corrected chi connectivity index (χ1v) is 7.38. The van der Waals surface area contributed by atoms with Gasteiger partial charge in [-0.05, 0) is 68.8 Å². The summed E-state index contributed by atoms with van der Waals surface area (Å²) in [5.74, 6) is 0.752. The molecule has 2 rings (SSSR count). The molecule has 0 bridgehead atoms. The predicted molar refractivity (Wildman–Crippen MR) is 86.3 cm³/mol. The molecule has 0 spiro atoms. The van der Waals surface area contributed by atoms with Gasteiger partial charge in [0.15, 0.2) is 5.78 Å². The smallest absolute Gasteiger partial charge is 0.193 e. The van der Waals surface area contributed by atoms with E-state index in [2.05, 4.69) is 6.92 Å². The van der Waals surface area contributed by atoms with E-state index in [9.17, 15) is 4.79 Å².